The highest BCUT2D eigenvalue weighted by Gasteiger charge is 2.20. The van der Waals surface area contributed by atoms with Gasteiger partial charge in [-0.25, -0.2) is 4.79 Å². The van der Waals surface area contributed by atoms with E-state index < -0.39 is 5.97 Å². The quantitative estimate of drug-likeness (QED) is 0.840. The van der Waals surface area contributed by atoms with Crippen LogP contribution in [0.2, 0.25) is 0 Å². The molecule has 0 saturated carbocycles. The number of carboxylic acids is 1. The molecule has 1 atom stereocenters. The van der Waals surface area contributed by atoms with Gasteiger partial charge in [0.05, 0.1) is 18.3 Å². The second-order valence-electron chi connectivity index (χ2n) is 4.98. The largest absolute Gasteiger partial charge is 0.478 e. The summed E-state index contributed by atoms with van der Waals surface area (Å²) in [5.41, 5.74) is 0.451. The zero-order valence-electron chi connectivity index (χ0n) is 12.0. The molecule has 0 radical (unpaired) electrons. The van der Waals surface area contributed by atoms with Crippen molar-refractivity contribution in [2.24, 2.45) is 0 Å². The molecular weight excluding hydrogens is 272 g/mol. The van der Waals surface area contributed by atoms with Gasteiger partial charge >= 0.3 is 5.97 Å². The molecule has 0 aromatic heterocycles. The zero-order valence-corrected chi connectivity index (χ0v) is 12.0. The average Bonchev–Trinajstić information content (AvgIpc) is 2.53. The van der Waals surface area contributed by atoms with E-state index in [2.05, 4.69) is 17.1 Å². The van der Waals surface area contributed by atoms with Gasteiger partial charge in [0.2, 0.25) is 0 Å². The molecule has 1 aromatic rings. The Morgan fingerprint density at radius 1 is 1.43 bits per heavy atom. The lowest BCUT2D eigenvalue weighted by Crippen LogP contribution is -2.47. The van der Waals surface area contributed by atoms with Crippen molar-refractivity contribution in [2.45, 2.75) is 13.0 Å². The van der Waals surface area contributed by atoms with Crippen LogP contribution in [0.25, 0.3) is 0 Å². The van der Waals surface area contributed by atoms with E-state index in [0.29, 0.717) is 18.7 Å². The molecule has 1 saturated heterocycles. The highest BCUT2D eigenvalue weighted by Crippen LogP contribution is 2.07. The topological polar surface area (TPSA) is 78.9 Å². The van der Waals surface area contributed by atoms with Gasteiger partial charge in [-0.15, -0.1) is 0 Å². The predicted molar refractivity (Wildman–Crippen MR) is 77.6 cm³/mol. The summed E-state index contributed by atoms with van der Waals surface area (Å²) in [6.45, 7) is 5.87. The molecule has 0 spiro atoms. The van der Waals surface area contributed by atoms with Crippen LogP contribution < -0.4 is 5.32 Å². The van der Waals surface area contributed by atoms with E-state index in [1.807, 2.05) is 0 Å². The first-order valence-electron chi connectivity index (χ1n) is 7.05. The summed E-state index contributed by atoms with van der Waals surface area (Å²) < 4.78 is 5.61. The zero-order chi connectivity index (χ0) is 15.2. The summed E-state index contributed by atoms with van der Waals surface area (Å²) in [5.74, 6) is -1.32. The van der Waals surface area contributed by atoms with Crippen LogP contribution in [0, 0.1) is 0 Å². The second kappa shape index (κ2) is 7.19. The number of aromatic carboxylic acids is 1. The number of carbonyl (C=O) groups is 2. The lowest BCUT2D eigenvalue weighted by molar-refractivity contribution is -0.0246. The summed E-state index contributed by atoms with van der Waals surface area (Å²) in [5, 5.41) is 11.7. The normalized spacial score (nSPS) is 19.2. The van der Waals surface area contributed by atoms with Crippen molar-refractivity contribution in [1.82, 2.24) is 10.2 Å². The molecule has 6 heteroatoms. The number of hydrogen-bond acceptors (Lipinski definition) is 4. The number of carbonyl (C=O) groups excluding carboxylic acids is 1. The van der Waals surface area contributed by atoms with Crippen molar-refractivity contribution in [3.63, 3.8) is 0 Å². The van der Waals surface area contributed by atoms with Crippen LogP contribution in [0.15, 0.2) is 24.3 Å². The monoisotopic (exact) mass is 292 g/mol. The van der Waals surface area contributed by atoms with Crippen molar-refractivity contribution in [2.75, 3.05) is 32.8 Å². The maximum atomic E-state index is 12.0. The van der Waals surface area contributed by atoms with Crippen molar-refractivity contribution < 1.29 is 19.4 Å². The Balaban J connectivity index is 1.89. The van der Waals surface area contributed by atoms with E-state index in [1.54, 1.807) is 12.1 Å². The maximum Gasteiger partial charge on any atom is 0.335 e. The van der Waals surface area contributed by atoms with Gasteiger partial charge < -0.3 is 15.2 Å². The fourth-order valence-electron chi connectivity index (χ4n) is 2.29. The van der Waals surface area contributed by atoms with Gasteiger partial charge in [-0.05, 0) is 24.7 Å². The van der Waals surface area contributed by atoms with Gasteiger partial charge in [-0.2, -0.15) is 0 Å². The predicted octanol–water partition coefficient (Wildman–Crippen LogP) is 0.835. The van der Waals surface area contributed by atoms with Crippen molar-refractivity contribution in [3.05, 3.63) is 35.4 Å². The smallest absolute Gasteiger partial charge is 0.335 e. The van der Waals surface area contributed by atoms with Crippen molar-refractivity contribution in [3.8, 4) is 0 Å². The Labute approximate surface area is 123 Å². The second-order valence-corrected chi connectivity index (χ2v) is 4.98. The lowest BCUT2D eigenvalue weighted by Gasteiger charge is -2.32. The van der Waals surface area contributed by atoms with Crippen molar-refractivity contribution in [1.29, 1.82) is 0 Å². The third-order valence-corrected chi connectivity index (χ3v) is 3.53. The Bertz CT molecular complexity index is 518. The molecule has 1 heterocycles. The minimum atomic E-state index is -1.04. The summed E-state index contributed by atoms with van der Waals surface area (Å²) >= 11 is 0. The van der Waals surface area contributed by atoms with E-state index in [9.17, 15) is 9.59 Å². The first-order chi connectivity index (χ1) is 10.1. The first-order valence-corrected chi connectivity index (χ1v) is 7.05. The van der Waals surface area contributed by atoms with E-state index >= 15 is 0 Å². The number of hydrogen-bond donors (Lipinski definition) is 2. The third kappa shape index (κ3) is 4.27. The van der Waals surface area contributed by atoms with Crippen LogP contribution in [-0.4, -0.2) is 60.8 Å². The standard InChI is InChI=1S/C15H20N2O4/c1-2-17-6-7-21-13(10-17)9-16-14(18)11-4-3-5-12(8-11)15(19)20/h3-5,8,13H,2,6-7,9-10H2,1H3,(H,16,18)(H,19,20). The molecule has 21 heavy (non-hydrogen) atoms. The van der Waals surface area contributed by atoms with Crippen LogP contribution in [0.1, 0.15) is 27.6 Å². The number of ether oxygens (including phenoxy) is 1. The van der Waals surface area contributed by atoms with E-state index in [1.165, 1.54) is 12.1 Å². The number of nitrogens with one attached hydrogen (secondary N) is 1. The molecule has 114 valence electrons. The van der Waals surface area contributed by atoms with Gasteiger partial charge in [-0.1, -0.05) is 13.0 Å². The molecule has 1 aromatic carbocycles. The number of rotatable bonds is 5. The van der Waals surface area contributed by atoms with Crippen LogP contribution in [0.3, 0.4) is 0 Å². The van der Waals surface area contributed by atoms with Crippen LogP contribution >= 0.6 is 0 Å². The maximum absolute atomic E-state index is 12.0. The Morgan fingerprint density at radius 2 is 2.19 bits per heavy atom. The van der Waals surface area contributed by atoms with E-state index in [-0.39, 0.29) is 17.6 Å². The SMILES string of the molecule is CCN1CCOC(CNC(=O)c2cccc(C(=O)O)c2)C1. The molecule has 0 bridgehead atoms. The van der Waals surface area contributed by atoms with Gasteiger partial charge in [0.1, 0.15) is 0 Å². The number of benzene rings is 1. The van der Waals surface area contributed by atoms with Gasteiger partial charge in [0, 0.05) is 25.2 Å². The fraction of sp³-hybridized carbons (Fsp3) is 0.467. The molecule has 1 amide bonds. The van der Waals surface area contributed by atoms with Gasteiger partial charge in [-0.3, -0.25) is 9.69 Å². The molecule has 0 aliphatic carbocycles. The van der Waals surface area contributed by atoms with E-state index in [4.69, 9.17) is 9.84 Å². The number of morpholine rings is 1. The first kappa shape index (κ1) is 15.5. The molecule has 2 rings (SSSR count). The molecule has 1 fully saturated rings. The Morgan fingerprint density at radius 3 is 2.90 bits per heavy atom. The van der Waals surface area contributed by atoms with E-state index in [0.717, 1.165) is 19.6 Å². The summed E-state index contributed by atoms with van der Waals surface area (Å²) in [4.78, 5) is 25.2. The number of nitrogens with zero attached hydrogens (tertiary/aromatic N) is 1. The van der Waals surface area contributed by atoms with Gasteiger partial charge in [0.25, 0.3) is 5.91 Å². The summed E-state index contributed by atoms with van der Waals surface area (Å²) in [6.07, 6.45) is -0.0229. The number of amides is 1. The minimum absolute atomic E-state index is 0.0229. The third-order valence-electron chi connectivity index (χ3n) is 3.53. The lowest BCUT2D eigenvalue weighted by atomic mass is 10.1. The molecule has 1 aliphatic heterocycles. The highest BCUT2D eigenvalue weighted by atomic mass is 16.5. The van der Waals surface area contributed by atoms with Gasteiger partial charge in [0.15, 0.2) is 0 Å². The Hall–Kier alpha value is -1.92. The highest BCUT2D eigenvalue weighted by molar-refractivity contribution is 5.97. The fourth-order valence-corrected chi connectivity index (χ4v) is 2.29. The molecule has 2 N–H and O–H groups in total. The number of likely N-dealkylation sites (N-methyl/N-ethyl adjacent to an activating group) is 1. The number of carboxylic acid groups (broad SMARTS) is 1. The molecular formula is C15H20N2O4. The van der Waals surface area contributed by atoms with Crippen LogP contribution in [0.5, 0.6) is 0 Å². The molecule has 6 nitrogen and oxygen atoms in total. The summed E-state index contributed by atoms with van der Waals surface area (Å²) in [6, 6.07) is 6.00. The van der Waals surface area contributed by atoms with Crippen LogP contribution in [0.4, 0.5) is 0 Å². The van der Waals surface area contributed by atoms with Crippen molar-refractivity contribution >= 4 is 11.9 Å². The minimum Gasteiger partial charge on any atom is -0.478 e. The summed E-state index contributed by atoms with van der Waals surface area (Å²) in [7, 11) is 0. The molecule has 1 aliphatic rings. The van der Waals surface area contributed by atoms with Crippen LogP contribution in [-0.2, 0) is 4.74 Å². The average molecular weight is 292 g/mol. The Kier molecular flexibility index (Phi) is 5.30. The molecule has 1 unspecified atom stereocenters.